The lowest BCUT2D eigenvalue weighted by atomic mass is 9.49. The minimum atomic E-state index is -0.819. The highest BCUT2D eigenvalue weighted by Crippen LogP contribution is 2.66. The maximum atomic E-state index is 12.3. The van der Waals surface area contributed by atoms with Crippen molar-refractivity contribution in [1.82, 2.24) is 0 Å². The van der Waals surface area contributed by atoms with Crippen molar-refractivity contribution in [3.63, 3.8) is 0 Å². The first-order valence-corrected chi connectivity index (χ1v) is 8.64. The third kappa shape index (κ3) is 1.53. The van der Waals surface area contributed by atoms with Gasteiger partial charge in [0.1, 0.15) is 0 Å². The molecule has 5 heteroatoms. The van der Waals surface area contributed by atoms with Crippen LogP contribution in [-0.4, -0.2) is 23.6 Å². The molecule has 0 N–H and O–H groups in total. The van der Waals surface area contributed by atoms with Gasteiger partial charge in [-0.15, -0.1) is 0 Å². The molecular formula is C17H26O5. The van der Waals surface area contributed by atoms with E-state index in [1.54, 1.807) is 0 Å². The number of hydrogen-bond donors (Lipinski definition) is 0. The van der Waals surface area contributed by atoms with E-state index in [-0.39, 0.29) is 23.2 Å². The van der Waals surface area contributed by atoms with Crippen molar-refractivity contribution in [2.24, 2.45) is 23.2 Å². The van der Waals surface area contributed by atoms with Crippen LogP contribution < -0.4 is 0 Å². The largest absolute Gasteiger partial charge is 0.432 e. The van der Waals surface area contributed by atoms with Gasteiger partial charge in [-0.1, -0.05) is 20.8 Å². The highest BCUT2D eigenvalue weighted by Gasteiger charge is 2.75. The third-order valence-corrected chi connectivity index (χ3v) is 7.10. The molecular weight excluding hydrogens is 284 g/mol. The summed E-state index contributed by atoms with van der Waals surface area (Å²) < 4.78 is 11.9. The Balaban J connectivity index is 1.92. The molecule has 1 saturated carbocycles. The second-order valence-corrected chi connectivity index (χ2v) is 7.86. The third-order valence-electron chi connectivity index (χ3n) is 7.10. The molecule has 4 saturated heterocycles. The van der Waals surface area contributed by atoms with Crippen LogP contribution in [0.1, 0.15) is 59.8 Å². The van der Waals surface area contributed by atoms with Crippen molar-refractivity contribution in [2.75, 3.05) is 0 Å². The van der Waals surface area contributed by atoms with Gasteiger partial charge < -0.3 is 9.47 Å². The van der Waals surface area contributed by atoms with Crippen LogP contribution in [-0.2, 0) is 24.0 Å². The summed E-state index contributed by atoms with van der Waals surface area (Å²) >= 11 is 0. The van der Waals surface area contributed by atoms with Crippen molar-refractivity contribution in [1.29, 1.82) is 0 Å². The lowest BCUT2D eigenvalue weighted by molar-refractivity contribution is -0.566. The van der Waals surface area contributed by atoms with Crippen LogP contribution >= 0.6 is 0 Å². The molecule has 5 aliphatic rings. The van der Waals surface area contributed by atoms with Crippen molar-refractivity contribution in [3.05, 3.63) is 0 Å². The van der Waals surface area contributed by atoms with Gasteiger partial charge in [-0.3, -0.25) is 4.79 Å². The Morgan fingerprint density at radius 1 is 1.18 bits per heavy atom. The van der Waals surface area contributed by atoms with E-state index in [9.17, 15) is 4.79 Å². The summed E-state index contributed by atoms with van der Waals surface area (Å²) in [6, 6.07) is 0. The Hall–Kier alpha value is -0.650. The van der Waals surface area contributed by atoms with Gasteiger partial charge in [-0.05, 0) is 38.5 Å². The Labute approximate surface area is 131 Å². The van der Waals surface area contributed by atoms with Gasteiger partial charge >= 0.3 is 5.97 Å². The van der Waals surface area contributed by atoms with E-state index >= 15 is 0 Å². The van der Waals surface area contributed by atoms with Crippen LogP contribution in [0.15, 0.2) is 0 Å². The first kappa shape index (κ1) is 14.9. The van der Waals surface area contributed by atoms with Crippen LogP contribution in [0, 0.1) is 23.2 Å². The van der Waals surface area contributed by atoms with Crippen molar-refractivity contribution < 1.29 is 24.0 Å². The van der Waals surface area contributed by atoms with Gasteiger partial charge in [-0.2, -0.15) is 0 Å². The maximum absolute atomic E-state index is 12.3. The Bertz CT molecular complexity index is 507. The summed E-state index contributed by atoms with van der Waals surface area (Å²) in [7, 11) is 0. The summed E-state index contributed by atoms with van der Waals surface area (Å²) in [6.07, 6.45) is 4.16. The van der Waals surface area contributed by atoms with Crippen LogP contribution in [0.25, 0.3) is 0 Å². The molecule has 0 aromatic heterocycles. The lowest BCUT2D eigenvalue weighted by Gasteiger charge is -2.63. The molecule has 5 nitrogen and oxygen atoms in total. The van der Waals surface area contributed by atoms with Gasteiger partial charge in [0, 0.05) is 17.8 Å². The first-order chi connectivity index (χ1) is 10.4. The average molecular weight is 310 g/mol. The van der Waals surface area contributed by atoms with E-state index in [4.69, 9.17) is 19.2 Å². The number of ether oxygens (including phenoxy) is 2. The predicted molar refractivity (Wildman–Crippen MR) is 77.3 cm³/mol. The molecule has 2 bridgehead atoms. The zero-order chi connectivity index (χ0) is 15.8. The monoisotopic (exact) mass is 310 g/mol. The zero-order valence-corrected chi connectivity index (χ0v) is 13.9. The first-order valence-electron chi connectivity index (χ1n) is 8.64. The van der Waals surface area contributed by atoms with E-state index in [0.29, 0.717) is 5.92 Å². The molecule has 5 rings (SSSR count). The molecule has 0 aromatic carbocycles. The van der Waals surface area contributed by atoms with Crippen LogP contribution in [0.3, 0.4) is 0 Å². The van der Waals surface area contributed by atoms with Crippen LogP contribution in [0.2, 0.25) is 0 Å². The molecule has 1 aliphatic carbocycles. The molecule has 1 unspecified atom stereocenters. The molecule has 1 spiro atoms. The second-order valence-electron chi connectivity index (χ2n) is 7.86. The summed E-state index contributed by atoms with van der Waals surface area (Å²) in [4.78, 5) is 24.2. The van der Waals surface area contributed by atoms with E-state index in [2.05, 4.69) is 13.8 Å². The average Bonchev–Trinajstić information content (AvgIpc) is 2.69. The summed E-state index contributed by atoms with van der Waals surface area (Å²) in [5, 5.41) is 0. The molecule has 0 aromatic rings. The second kappa shape index (κ2) is 4.46. The number of hydrogen-bond acceptors (Lipinski definition) is 5. The topological polar surface area (TPSA) is 54.0 Å². The number of carbonyl (C=O) groups is 1. The fourth-order valence-corrected chi connectivity index (χ4v) is 5.66. The minimum Gasteiger partial charge on any atom is -0.432 e. The summed E-state index contributed by atoms with van der Waals surface area (Å²) in [5.74, 6) is -0.574. The fourth-order valence-electron chi connectivity index (χ4n) is 5.66. The molecule has 7 atom stereocenters. The van der Waals surface area contributed by atoms with Gasteiger partial charge in [0.25, 0.3) is 0 Å². The molecule has 4 heterocycles. The van der Waals surface area contributed by atoms with Gasteiger partial charge in [0.05, 0.1) is 5.92 Å². The van der Waals surface area contributed by atoms with Crippen LogP contribution in [0.5, 0.6) is 0 Å². The van der Waals surface area contributed by atoms with Crippen LogP contribution in [0.4, 0.5) is 0 Å². The Morgan fingerprint density at radius 2 is 1.95 bits per heavy atom. The molecule has 5 fully saturated rings. The van der Waals surface area contributed by atoms with Crippen molar-refractivity contribution >= 4 is 5.97 Å². The van der Waals surface area contributed by atoms with E-state index in [1.165, 1.54) is 0 Å². The van der Waals surface area contributed by atoms with Gasteiger partial charge in [0.2, 0.25) is 12.1 Å². The van der Waals surface area contributed by atoms with Gasteiger partial charge in [-0.25, -0.2) is 9.78 Å². The molecule has 124 valence electrons. The lowest BCUT2D eigenvalue weighted by Crippen LogP contribution is -2.73. The zero-order valence-electron chi connectivity index (χ0n) is 13.9. The van der Waals surface area contributed by atoms with E-state index in [0.717, 1.165) is 32.1 Å². The number of carbonyl (C=O) groups excluding carboxylic acids is 1. The SMILES string of the molecule is CC[C@@]12CC[C@@]3(C)OO[C@]14[C@H](OC(=O)C(C)[C@@H]4CC[C@H]2C)O3. The number of fused-ring (bicyclic) bond motifs is 2. The fraction of sp³-hybridized carbons (Fsp3) is 0.941. The van der Waals surface area contributed by atoms with E-state index < -0.39 is 17.7 Å². The van der Waals surface area contributed by atoms with Crippen molar-refractivity contribution in [2.45, 2.75) is 77.5 Å². The Kier molecular flexibility index (Phi) is 3.02. The highest BCUT2D eigenvalue weighted by molar-refractivity contribution is 5.74. The Morgan fingerprint density at radius 3 is 2.68 bits per heavy atom. The minimum absolute atomic E-state index is 0.0657. The molecule has 0 amide bonds. The standard InChI is InChI=1S/C17H26O5/c1-5-16-9-8-15(4)20-14-17(16,22-21-15)12(7-6-10(16)2)11(3)13(18)19-14/h10-12,14H,5-9H2,1-4H3/t10-,11?,12+,14-,15-,16+,17-/m1/s1. The summed E-state index contributed by atoms with van der Waals surface area (Å²) in [5.41, 5.74) is -0.730. The maximum Gasteiger partial charge on any atom is 0.311 e. The molecule has 22 heavy (non-hydrogen) atoms. The summed E-state index contributed by atoms with van der Waals surface area (Å²) in [6.45, 7) is 8.36. The number of esters is 1. The molecule has 4 aliphatic heterocycles. The molecule has 0 radical (unpaired) electrons. The predicted octanol–water partition coefficient (Wildman–Crippen LogP) is 3.18. The van der Waals surface area contributed by atoms with Gasteiger partial charge in [0.15, 0.2) is 5.60 Å². The highest BCUT2D eigenvalue weighted by atomic mass is 17.3. The number of rotatable bonds is 1. The smallest absolute Gasteiger partial charge is 0.311 e. The van der Waals surface area contributed by atoms with Crippen molar-refractivity contribution in [3.8, 4) is 0 Å². The quantitative estimate of drug-likeness (QED) is 0.550. The van der Waals surface area contributed by atoms with E-state index in [1.807, 2.05) is 13.8 Å². The normalized spacial score (nSPS) is 57.0.